The van der Waals surface area contributed by atoms with Crippen LogP contribution in [0.25, 0.3) is 10.9 Å². The van der Waals surface area contributed by atoms with Gasteiger partial charge in [0, 0.05) is 18.0 Å². The van der Waals surface area contributed by atoms with E-state index in [1.807, 2.05) is 30.3 Å². The van der Waals surface area contributed by atoms with Gasteiger partial charge in [0.05, 0.1) is 5.54 Å². The van der Waals surface area contributed by atoms with Crippen LogP contribution in [0.15, 0.2) is 36.5 Å². The van der Waals surface area contributed by atoms with E-state index in [0.717, 1.165) is 23.1 Å². The van der Waals surface area contributed by atoms with Crippen molar-refractivity contribution in [2.45, 2.75) is 30.9 Å². The number of ether oxygens (including phenoxy) is 1. The molecule has 1 fully saturated rings. The SMILES string of the molecule is NC(=O)C1(N)CCC(Oc2cccc3cccnc23)C1. The van der Waals surface area contributed by atoms with Crippen molar-refractivity contribution in [2.75, 3.05) is 0 Å². The molecule has 1 aliphatic carbocycles. The molecule has 0 spiro atoms. The molecular weight excluding hydrogens is 254 g/mol. The maximum Gasteiger partial charge on any atom is 0.237 e. The normalized spacial score (nSPS) is 25.8. The number of nitrogens with zero attached hydrogens (tertiary/aromatic N) is 1. The van der Waals surface area contributed by atoms with Gasteiger partial charge >= 0.3 is 0 Å². The number of para-hydroxylation sites is 1. The summed E-state index contributed by atoms with van der Waals surface area (Å²) in [6.07, 6.45) is 3.37. The van der Waals surface area contributed by atoms with Gasteiger partial charge in [-0.2, -0.15) is 0 Å². The fraction of sp³-hybridized carbons (Fsp3) is 0.333. The van der Waals surface area contributed by atoms with Crippen molar-refractivity contribution in [2.24, 2.45) is 11.5 Å². The number of pyridine rings is 1. The first kappa shape index (κ1) is 12.9. The zero-order valence-corrected chi connectivity index (χ0v) is 11.1. The van der Waals surface area contributed by atoms with Crippen molar-refractivity contribution in [1.29, 1.82) is 0 Å². The molecule has 104 valence electrons. The van der Waals surface area contributed by atoms with E-state index in [0.29, 0.717) is 12.8 Å². The van der Waals surface area contributed by atoms with Crippen LogP contribution in [0, 0.1) is 0 Å². The van der Waals surface area contributed by atoms with Crippen LogP contribution in [0.5, 0.6) is 5.75 Å². The molecule has 2 atom stereocenters. The second-order valence-corrected chi connectivity index (χ2v) is 5.33. The Labute approximate surface area is 116 Å². The molecule has 1 heterocycles. The number of hydrogen-bond donors (Lipinski definition) is 2. The lowest BCUT2D eigenvalue weighted by Crippen LogP contribution is -2.50. The average Bonchev–Trinajstić information content (AvgIpc) is 2.82. The van der Waals surface area contributed by atoms with Gasteiger partial charge in [-0.3, -0.25) is 9.78 Å². The summed E-state index contributed by atoms with van der Waals surface area (Å²) in [5.74, 6) is 0.265. The average molecular weight is 271 g/mol. The molecule has 1 aliphatic rings. The Morgan fingerprint density at radius 1 is 1.35 bits per heavy atom. The molecule has 0 bridgehead atoms. The molecule has 0 aliphatic heterocycles. The first-order chi connectivity index (χ1) is 9.58. The number of amides is 1. The monoisotopic (exact) mass is 271 g/mol. The summed E-state index contributed by atoms with van der Waals surface area (Å²) in [6.45, 7) is 0. The predicted molar refractivity (Wildman–Crippen MR) is 76.1 cm³/mol. The maximum absolute atomic E-state index is 11.4. The molecule has 0 radical (unpaired) electrons. The van der Waals surface area contributed by atoms with Gasteiger partial charge < -0.3 is 16.2 Å². The Morgan fingerprint density at radius 3 is 2.90 bits per heavy atom. The molecule has 20 heavy (non-hydrogen) atoms. The van der Waals surface area contributed by atoms with Crippen molar-refractivity contribution >= 4 is 16.8 Å². The number of fused-ring (bicyclic) bond motifs is 1. The summed E-state index contributed by atoms with van der Waals surface area (Å²) in [7, 11) is 0. The Morgan fingerprint density at radius 2 is 2.15 bits per heavy atom. The van der Waals surface area contributed by atoms with Gasteiger partial charge in [0.15, 0.2) is 0 Å². The third-order valence-electron chi connectivity index (χ3n) is 3.88. The molecule has 2 aromatic rings. The van der Waals surface area contributed by atoms with Crippen LogP contribution in [-0.2, 0) is 4.79 Å². The lowest BCUT2D eigenvalue weighted by Gasteiger charge is -2.20. The van der Waals surface area contributed by atoms with Crippen LogP contribution in [0.2, 0.25) is 0 Å². The highest BCUT2D eigenvalue weighted by atomic mass is 16.5. The third kappa shape index (κ3) is 2.20. The second-order valence-electron chi connectivity index (χ2n) is 5.33. The summed E-state index contributed by atoms with van der Waals surface area (Å²) in [5, 5.41) is 1.02. The van der Waals surface area contributed by atoms with Crippen molar-refractivity contribution in [3.05, 3.63) is 36.5 Å². The number of carbonyl (C=O) groups is 1. The van der Waals surface area contributed by atoms with Gasteiger partial charge in [-0.05, 0) is 25.0 Å². The molecular formula is C15H17N3O2. The van der Waals surface area contributed by atoms with E-state index < -0.39 is 11.4 Å². The number of nitrogens with two attached hydrogens (primary N) is 2. The Balaban J connectivity index is 1.83. The van der Waals surface area contributed by atoms with Crippen LogP contribution in [-0.4, -0.2) is 22.5 Å². The van der Waals surface area contributed by atoms with Gasteiger partial charge in [0.25, 0.3) is 0 Å². The van der Waals surface area contributed by atoms with Gasteiger partial charge in [-0.25, -0.2) is 0 Å². The zero-order chi connectivity index (χ0) is 14.2. The molecule has 1 aromatic heterocycles. The number of benzene rings is 1. The quantitative estimate of drug-likeness (QED) is 0.881. The number of primary amides is 1. The van der Waals surface area contributed by atoms with E-state index in [4.69, 9.17) is 16.2 Å². The molecule has 1 amide bonds. The molecule has 1 aromatic carbocycles. The lowest BCUT2D eigenvalue weighted by molar-refractivity contribution is -0.123. The van der Waals surface area contributed by atoms with Crippen LogP contribution in [0.4, 0.5) is 0 Å². The molecule has 5 heteroatoms. The maximum atomic E-state index is 11.4. The highest BCUT2D eigenvalue weighted by Crippen LogP contribution is 2.32. The largest absolute Gasteiger partial charge is 0.488 e. The van der Waals surface area contributed by atoms with Gasteiger partial charge in [0.1, 0.15) is 17.4 Å². The lowest BCUT2D eigenvalue weighted by atomic mass is 9.99. The molecule has 0 saturated heterocycles. The summed E-state index contributed by atoms with van der Waals surface area (Å²) >= 11 is 0. The van der Waals surface area contributed by atoms with Crippen molar-refractivity contribution in [3.8, 4) is 5.75 Å². The highest BCUT2D eigenvalue weighted by molar-refractivity contribution is 5.85. The molecule has 2 unspecified atom stereocenters. The van der Waals surface area contributed by atoms with E-state index in [9.17, 15) is 4.79 Å². The van der Waals surface area contributed by atoms with E-state index in [1.165, 1.54) is 0 Å². The van der Waals surface area contributed by atoms with Crippen molar-refractivity contribution in [1.82, 2.24) is 4.98 Å². The Bertz CT molecular complexity index is 653. The first-order valence-corrected chi connectivity index (χ1v) is 6.68. The molecule has 3 rings (SSSR count). The van der Waals surface area contributed by atoms with Gasteiger partial charge in [-0.1, -0.05) is 18.2 Å². The molecule has 1 saturated carbocycles. The van der Waals surface area contributed by atoms with Crippen LogP contribution >= 0.6 is 0 Å². The number of rotatable bonds is 3. The summed E-state index contributed by atoms with van der Waals surface area (Å²) < 4.78 is 5.98. The Kier molecular flexibility index (Phi) is 3.06. The standard InChI is InChI=1S/C15H17N3O2/c16-14(19)15(17)7-6-11(9-15)20-12-5-1-3-10-4-2-8-18-13(10)12/h1-5,8,11H,6-7,9,17H2,(H2,16,19). The fourth-order valence-electron chi connectivity index (χ4n) is 2.70. The topological polar surface area (TPSA) is 91.2 Å². The smallest absolute Gasteiger partial charge is 0.237 e. The van der Waals surface area contributed by atoms with Crippen LogP contribution < -0.4 is 16.2 Å². The van der Waals surface area contributed by atoms with E-state index in [-0.39, 0.29) is 6.10 Å². The Hall–Kier alpha value is -2.14. The van der Waals surface area contributed by atoms with Crippen LogP contribution in [0.3, 0.4) is 0 Å². The molecule has 5 nitrogen and oxygen atoms in total. The van der Waals surface area contributed by atoms with E-state index >= 15 is 0 Å². The summed E-state index contributed by atoms with van der Waals surface area (Å²) in [4.78, 5) is 15.7. The third-order valence-corrected chi connectivity index (χ3v) is 3.88. The highest BCUT2D eigenvalue weighted by Gasteiger charge is 2.41. The second kappa shape index (κ2) is 4.76. The molecule has 4 N–H and O–H groups in total. The minimum Gasteiger partial charge on any atom is -0.488 e. The van der Waals surface area contributed by atoms with E-state index in [1.54, 1.807) is 6.20 Å². The number of aromatic nitrogens is 1. The minimum atomic E-state index is -0.942. The van der Waals surface area contributed by atoms with Crippen LogP contribution in [0.1, 0.15) is 19.3 Å². The van der Waals surface area contributed by atoms with Crippen molar-refractivity contribution < 1.29 is 9.53 Å². The minimum absolute atomic E-state index is 0.0971. The fourth-order valence-corrected chi connectivity index (χ4v) is 2.70. The van der Waals surface area contributed by atoms with E-state index in [2.05, 4.69) is 4.98 Å². The summed E-state index contributed by atoms with van der Waals surface area (Å²) in [6, 6.07) is 9.68. The first-order valence-electron chi connectivity index (χ1n) is 6.68. The predicted octanol–water partition coefficient (Wildman–Crippen LogP) is 1.35. The zero-order valence-electron chi connectivity index (χ0n) is 11.1. The van der Waals surface area contributed by atoms with Gasteiger partial charge in [-0.15, -0.1) is 0 Å². The van der Waals surface area contributed by atoms with Crippen molar-refractivity contribution in [3.63, 3.8) is 0 Å². The number of carbonyl (C=O) groups excluding carboxylic acids is 1. The summed E-state index contributed by atoms with van der Waals surface area (Å²) in [5.41, 5.74) is 11.2. The van der Waals surface area contributed by atoms with Gasteiger partial charge in [0.2, 0.25) is 5.91 Å². The number of hydrogen-bond acceptors (Lipinski definition) is 4.